The predicted molar refractivity (Wildman–Crippen MR) is 78.0 cm³/mol. The Hall–Kier alpha value is -1.18. The van der Waals surface area contributed by atoms with Crippen LogP contribution in [0.2, 0.25) is 0 Å². The minimum absolute atomic E-state index is 0.0293. The smallest absolute Gasteiger partial charge is 0.344 e. The Kier molecular flexibility index (Phi) is 7.63. The van der Waals surface area contributed by atoms with Gasteiger partial charge in [0.05, 0.1) is 7.11 Å². The zero-order chi connectivity index (χ0) is 15.8. The van der Waals surface area contributed by atoms with Gasteiger partial charge in [-0.25, -0.2) is 9.18 Å². The second-order valence-corrected chi connectivity index (χ2v) is 4.82. The van der Waals surface area contributed by atoms with Crippen LogP contribution in [0.25, 0.3) is 0 Å². The first-order valence-corrected chi connectivity index (χ1v) is 7.26. The molecular formula is C14H18BrFO5. The molecule has 7 heteroatoms. The maximum atomic E-state index is 13.9. The molecule has 0 fully saturated rings. The van der Waals surface area contributed by atoms with E-state index in [-0.39, 0.29) is 17.9 Å². The molecule has 0 aliphatic rings. The van der Waals surface area contributed by atoms with Gasteiger partial charge < -0.3 is 18.9 Å². The number of ether oxygens (including phenoxy) is 4. The van der Waals surface area contributed by atoms with Crippen molar-refractivity contribution in [2.75, 3.05) is 26.9 Å². The summed E-state index contributed by atoms with van der Waals surface area (Å²) in [6, 6.07) is 2.66. The van der Waals surface area contributed by atoms with Crippen molar-refractivity contribution in [3.05, 3.63) is 28.0 Å². The fourth-order valence-electron chi connectivity index (χ4n) is 1.64. The van der Waals surface area contributed by atoms with Gasteiger partial charge in [-0.15, -0.1) is 0 Å². The Bertz CT molecular complexity index is 475. The first-order chi connectivity index (χ1) is 10.0. The molecule has 0 aliphatic heterocycles. The first-order valence-electron chi connectivity index (χ1n) is 6.46. The molecule has 0 aliphatic carbocycles. The van der Waals surface area contributed by atoms with Gasteiger partial charge >= 0.3 is 5.97 Å². The maximum absolute atomic E-state index is 13.9. The average molecular weight is 365 g/mol. The van der Waals surface area contributed by atoms with Crippen molar-refractivity contribution in [1.82, 2.24) is 0 Å². The molecule has 1 aromatic rings. The second kappa shape index (κ2) is 8.96. The Morgan fingerprint density at radius 3 is 2.43 bits per heavy atom. The summed E-state index contributed by atoms with van der Waals surface area (Å²) < 4.78 is 35.0. The molecule has 1 aromatic carbocycles. The third-order valence-electron chi connectivity index (χ3n) is 2.49. The summed E-state index contributed by atoms with van der Waals surface area (Å²) in [5, 5.41) is 0. The molecule has 118 valence electrons. The van der Waals surface area contributed by atoms with Crippen LogP contribution in [0.3, 0.4) is 0 Å². The topological polar surface area (TPSA) is 54.0 Å². The number of hydrogen-bond donors (Lipinski definition) is 0. The molecular weight excluding hydrogens is 347 g/mol. The van der Waals surface area contributed by atoms with Crippen LogP contribution < -0.4 is 4.74 Å². The van der Waals surface area contributed by atoms with Crippen LogP contribution in [0.1, 0.15) is 24.2 Å². The van der Waals surface area contributed by atoms with E-state index in [4.69, 9.17) is 14.2 Å². The zero-order valence-corrected chi connectivity index (χ0v) is 13.7. The van der Waals surface area contributed by atoms with Gasteiger partial charge in [0, 0.05) is 17.7 Å². The maximum Gasteiger partial charge on any atom is 0.344 e. The minimum Gasteiger partial charge on any atom is -0.487 e. The molecule has 0 saturated heterocycles. The molecule has 0 unspecified atom stereocenters. The predicted octanol–water partition coefficient (Wildman–Crippen LogP) is 3.15. The van der Waals surface area contributed by atoms with Gasteiger partial charge in [-0.1, -0.05) is 15.9 Å². The highest BCUT2D eigenvalue weighted by molar-refractivity contribution is 9.10. The monoisotopic (exact) mass is 364 g/mol. The lowest BCUT2D eigenvalue weighted by molar-refractivity contribution is -0.152. The van der Waals surface area contributed by atoms with Crippen molar-refractivity contribution in [3.8, 4) is 5.75 Å². The van der Waals surface area contributed by atoms with Gasteiger partial charge in [0.2, 0.25) is 0 Å². The number of rotatable bonds is 8. The molecule has 5 nitrogen and oxygen atoms in total. The summed E-state index contributed by atoms with van der Waals surface area (Å²) in [5.41, 5.74) is -0.257. The highest BCUT2D eigenvalue weighted by Crippen LogP contribution is 2.28. The van der Waals surface area contributed by atoms with Crippen molar-refractivity contribution in [1.29, 1.82) is 0 Å². The van der Waals surface area contributed by atoms with Crippen molar-refractivity contribution in [2.24, 2.45) is 0 Å². The third kappa shape index (κ3) is 5.26. The summed E-state index contributed by atoms with van der Waals surface area (Å²) in [6.07, 6.45) is -0.590. The number of esters is 1. The van der Waals surface area contributed by atoms with Crippen molar-refractivity contribution >= 4 is 21.9 Å². The number of hydrogen-bond acceptors (Lipinski definition) is 5. The third-order valence-corrected chi connectivity index (χ3v) is 2.95. The van der Waals surface area contributed by atoms with Crippen LogP contribution in [0.5, 0.6) is 5.75 Å². The van der Waals surface area contributed by atoms with Crippen molar-refractivity contribution < 1.29 is 28.1 Å². The molecule has 21 heavy (non-hydrogen) atoms. The van der Waals surface area contributed by atoms with Gasteiger partial charge in [-0.3, -0.25) is 0 Å². The van der Waals surface area contributed by atoms with Crippen LogP contribution in [-0.4, -0.2) is 39.2 Å². The van der Waals surface area contributed by atoms with Crippen LogP contribution in [-0.2, 0) is 14.2 Å². The van der Waals surface area contributed by atoms with Crippen molar-refractivity contribution in [3.63, 3.8) is 0 Å². The lowest BCUT2D eigenvalue weighted by atomic mass is 10.2. The summed E-state index contributed by atoms with van der Waals surface area (Å²) in [4.78, 5) is 11.6. The highest BCUT2D eigenvalue weighted by atomic mass is 79.9. The SMILES string of the molecule is CCOC(COc1cc(Br)cc(F)c1C(=O)OC)OCC. The molecule has 0 bridgehead atoms. The van der Waals surface area contributed by atoms with E-state index in [9.17, 15) is 9.18 Å². The van der Waals surface area contributed by atoms with E-state index in [2.05, 4.69) is 20.7 Å². The van der Waals surface area contributed by atoms with Crippen LogP contribution in [0, 0.1) is 5.82 Å². The molecule has 0 heterocycles. The zero-order valence-electron chi connectivity index (χ0n) is 12.2. The second-order valence-electron chi connectivity index (χ2n) is 3.90. The fourth-order valence-corrected chi connectivity index (χ4v) is 2.05. The van der Waals surface area contributed by atoms with Crippen LogP contribution in [0.15, 0.2) is 16.6 Å². The van der Waals surface area contributed by atoms with E-state index >= 15 is 0 Å². The first kappa shape index (κ1) is 17.9. The summed E-state index contributed by atoms with van der Waals surface area (Å²) in [7, 11) is 1.18. The minimum atomic E-state index is -0.806. The molecule has 0 atom stereocenters. The Morgan fingerprint density at radius 1 is 1.29 bits per heavy atom. The number of carbonyl (C=O) groups excluding carboxylic acids is 1. The lowest BCUT2D eigenvalue weighted by Gasteiger charge is -2.18. The van der Waals surface area contributed by atoms with E-state index in [1.165, 1.54) is 19.2 Å². The standard InChI is InChI=1S/C14H18BrFO5/c1-4-19-12(20-5-2)8-21-11-7-9(15)6-10(16)13(11)14(17)18-3/h6-7,12H,4-5,8H2,1-3H3. The average Bonchev–Trinajstić information content (AvgIpc) is 2.44. The Balaban J connectivity index is 2.93. The summed E-state index contributed by atoms with van der Waals surface area (Å²) >= 11 is 3.15. The van der Waals surface area contributed by atoms with Gasteiger partial charge in [-0.2, -0.15) is 0 Å². The summed E-state index contributed by atoms with van der Waals surface area (Å²) in [5.74, 6) is -1.46. The number of halogens is 2. The normalized spacial score (nSPS) is 10.8. The van der Waals surface area contributed by atoms with E-state index < -0.39 is 18.1 Å². The van der Waals surface area contributed by atoms with Crippen LogP contribution >= 0.6 is 15.9 Å². The van der Waals surface area contributed by atoms with E-state index in [1.807, 2.05) is 13.8 Å². The van der Waals surface area contributed by atoms with Gasteiger partial charge in [0.1, 0.15) is 23.7 Å². The number of carbonyl (C=O) groups is 1. The molecule has 0 spiro atoms. The van der Waals surface area contributed by atoms with Gasteiger partial charge in [-0.05, 0) is 26.0 Å². The molecule has 1 rings (SSSR count). The number of benzene rings is 1. The Morgan fingerprint density at radius 2 is 1.90 bits per heavy atom. The molecule has 0 aromatic heterocycles. The number of methoxy groups -OCH3 is 1. The Labute approximate surface area is 131 Å². The van der Waals surface area contributed by atoms with E-state index in [0.29, 0.717) is 17.7 Å². The molecule has 0 saturated carbocycles. The fraction of sp³-hybridized carbons (Fsp3) is 0.500. The van der Waals surface area contributed by atoms with Crippen LogP contribution in [0.4, 0.5) is 4.39 Å². The quantitative estimate of drug-likeness (QED) is 0.523. The molecule has 0 N–H and O–H groups in total. The molecule has 0 amide bonds. The lowest BCUT2D eigenvalue weighted by Crippen LogP contribution is -2.25. The van der Waals surface area contributed by atoms with Crippen molar-refractivity contribution in [2.45, 2.75) is 20.1 Å². The van der Waals surface area contributed by atoms with E-state index in [1.54, 1.807) is 0 Å². The largest absolute Gasteiger partial charge is 0.487 e. The van der Waals surface area contributed by atoms with Gasteiger partial charge in [0.25, 0.3) is 0 Å². The molecule has 0 radical (unpaired) electrons. The van der Waals surface area contributed by atoms with Gasteiger partial charge in [0.15, 0.2) is 6.29 Å². The highest BCUT2D eigenvalue weighted by Gasteiger charge is 2.21. The van der Waals surface area contributed by atoms with E-state index in [0.717, 1.165) is 0 Å². The summed E-state index contributed by atoms with van der Waals surface area (Å²) in [6.45, 7) is 4.58.